The zero-order valence-corrected chi connectivity index (χ0v) is 7.14. The van der Waals surface area contributed by atoms with E-state index < -0.39 is 0 Å². The fraction of sp³-hybridized carbons (Fsp3) is 0.875. The van der Waals surface area contributed by atoms with E-state index >= 15 is 0 Å². The summed E-state index contributed by atoms with van der Waals surface area (Å²) in [7, 11) is 1.88. The minimum Gasteiger partial charge on any atom is -0.340 e. The molecule has 0 bridgehead atoms. The minimum atomic E-state index is 0.0799. The van der Waals surface area contributed by atoms with Crippen LogP contribution in [0.25, 0.3) is 0 Å². The topological polar surface area (TPSA) is 20.3 Å². The third kappa shape index (κ3) is 0.917. The van der Waals surface area contributed by atoms with E-state index in [0.29, 0.717) is 0 Å². The number of carbonyl (C=O) groups excluding carboxylic acids is 1. The van der Waals surface area contributed by atoms with E-state index in [9.17, 15) is 4.79 Å². The van der Waals surface area contributed by atoms with Crippen LogP contribution in [0, 0.1) is 5.92 Å². The Morgan fingerprint density at radius 2 is 2.10 bits per heavy atom. The Morgan fingerprint density at radius 3 is 2.20 bits per heavy atom. The lowest BCUT2D eigenvalue weighted by atomic mass is 9.98. The Balaban J connectivity index is 2.81. The molecule has 2 heteroatoms. The Kier molecular flexibility index (Phi) is 1.50. The Labute approximate surface area is 62.2 Å². The molecule has 0 aromatic heterocycles. The number of nitrogens with zero attached hydrogens (tertiary/aromatic N) is 1. The van der Waals surface area contributed by atoms with E-state index in [1.165, 1.54) is 0 Å². The van der Waals surface area contributed by atoms with Crippen LogP contribution in [-0.2, 0) is 4.79 Å². The van der Waals surface area contributed by atoms with E-state index in [-0.39, 0.29) is 17.4 Å². The van der Waals surface area contributed by atoms with Gasteiger partial charge in [-0.15, -0.1) is 0 Å². The largest absolute Gasteiger partial charge is 0.340 e. The van der Waals surface area contributed by atoms with Crippen LogP contribution in [0.3, 0.4) is 0 Å². The average Bonchev–Trinajstić information content (AvgIpc) is 1.95. The second-order valence-corrected chi connectivity index (χ2v) is 3.81. The molecule has 0 saturated carbocycles. The summed E-state index contributed by atoms with van der Waals surface area (Å²) in [5, 5.41) is 0. The van der Waals surface area contributed by atoms with Gasteiger partial charge in [0.25, 0.3) is 0 Å². The summed E-state index contributed by atoms with van der Waals surface area (Å²) < 4.78 is 0. The highest BCUT2D eigenvalue weighted by Gasteiger charge is 2.39. The number of likely N-dealkylation sites (tertiary alicyclic amines) is 1. The number of carbonyl (C=O) groups is 1. The molecule has 10 heavy (non-hydrogen) atoms. The summed E-state index contributed by atoms with van der Waals surface area (Å²) >= 11 is 0. The maximum atomic E-state index is 11.2. The molecular weight excluding hydrogens is 126 g/mol. The van der Waals surface area contributed by atoms with E-state index in [2.05, 4.69) is 13.8 Å². The van der Waals surface area contributed by atoms with Crippen LogP contribution >= 0.6 is 0 Å². The van der Waals surface area contributed by atoms with E-state index in [0.717, 1.165) is 6.42 Å². The molecule has 1 saturated heterocycles. The third-order valence-electron chi connectivity index (χ3n) is 2.47. The van der Waals surface area contributed by atoms with Crippen LogP contribution < -0.4 is 0 Å². The molecule has 0 N–H and O–H groups in total. The van der Waals surface area contributed by atoms with Crippen LogP contribution in [-0.4, -0.2) is 23.4 Å². The first-order chi connectivity index (χ1) is 4.45. The van der Waals surface area contributed by atoms with Crippen molar-refractivity contribution < 1.29 is 4.79 Å². The molecule has 0 aliphatic carbocycles. The van der Waals surface area contributed by atoms with E-state index in [1.54, 1.807) is 0 Å². The molecule has 1 aliphatic rings. The third-order valence-corrected chi connectivity index (χ3v) is 2.47. The highest BCUT2D eigenvalue weighted by atomic mass is 16.2. The van der Waals surface area contributed by atoms with Gasteiger partial charge in [0, 0.05) is 18.5 Å². The van der Waals surface area contributed by atoms with Crippen LogP contribution in [0.1, 0.15) is 27.2 Å². The highest BCUT2D eigenvalue weighted by molar-refractivity contribution is 5.81. The smallest absolute Gasteiger partial charge is 0.225 e. The standard InChI is InChI=1S/C8H15NO/c1-6-5-8(2,3)9(4)7(6)10/h6H,5H2,1-4H3. The second kappa shape index (κ2) is 1.97. The average molecular weight is 141 g/mol. The Morgan fingerprint density at radius 1 is 1.60 bits per heavy atom. The maximum Gasteiger partial charge on any atom is 0.225 e. The van der Waals surface area contributed by atoms with Crippen LogP contribution in [0.5, 0.6) is 0 Å². The van der Waals surface area contributed by atoms with Gasteiger partial charge in [0.05, 0.1) is 0 Å². The molecule has 1 unspecified atom stereocenters. The quantitative estimate of drug-likeness (QED) is 0.497. The van der Waals surface area contributed by atoms with Gasteiger partial charge in [0.1, 0.15) is 0 Å². The predicted octanol–water partition coefficient (Wildman–Crippen LogP) is 1.26. The normalized spacial score (nSPS) is 31.4. The molecular formula is C8H15NO. The van der Waals surface area contributed by atoms with Gasteiger partial charge in [-0.2, -0.15) is 0 Å². The van der Waals surface area contributed by atoms with Crippen molar-refractivity contribution in [2.24, 2.45) is 5.92 Å². The van der Waals surface area contributed by atoms with Crippen LogP contribution in [0.15, 0.2) is 0 Å². The molecule has 1 aliphatic heterocycles. The Bertz CT molecular complexity index is 163. The summed E-state index contributed by atoms with van der Waals surface area (Å²) in [5.74, 6) is 0.505. The van der Waals surface area contributed by atoms with Crippen molar-refractivity contribution >= 4 is 5.91 Å². The first-order valence-corrected chi connectivity index (χ1v) is 3.73. The van der Waals surface area contributed by atoms with Gasteiger partial charge < -0.3 is 4.90 Å². The van der Waals surface area contributed by atoms with Crippen molar-refractivity contribution in [3.63, 3.8) is 0 Å². The molecule has 2 nitrogen and oxygen atoms in total. The zero-order chi connectivity index (χ0) is 7.94. The van der Waals surface area contributed by atoms with Gasteiger partial charge in [-0.3, -0.25) is 4.79 Å². The number of rotatable bonds is 0. The minimum absolute atomic E-state index is 0.0799. The van der Waals surface area contributed by atoms with Crippen molar-refractivity contribution in [3.8, 4) is 0 Å². The van der Waals surface area contributed by atoms with Crippen molar-refractivity contribution in [2.75, 3.05) is 7.05 Å². The first-order valence-electron chi connectivity index (χ1n) is 3.73. The number of amides is 1. The fourth-order valence-electron chi connectivity index (χ4n) is 1.60. The number of hydrogen-bond donors (Lipinski definition) is 0. The monoisotopic (exact) mass is 141 g/mol. The highest BCUT2D eigenvalue weighted by Crippen LogP contribution is 2.31. The van der Waals surface area contributed by atoms with E-state index in [4.69, 9.17) is 0 Å². The van der Waals surface area contributed by atoms with Gasteiger partial charge in [0.15, 0.2) is 0 Å². The summed E-state index contributed by atoms with van der Waals surface area (Å²) in [6.07, 6.45) is 0.988. The molecule has 1 amide bonds. The predicted molar refractivity (Wildman–Crippen MR) is 40.6 cm³/mol. The summed E-state index contributed by atoms with van der Waals surface area (Å²) in [4.78, 5) is 13.1. The summed E-state index contributed by atoms with van der Waals surface area (Å²) in [5.41, 5.74) is 0.0799. The SMILES string of the molecule is CC1CC(C)(C)N(C)C1=O. The first kappa shape index (κ1) is 7.58. The molecule has 0 aromatic rings. The maximum absolute atomic E-state index is 11.2. The molecule has 0 spiro atoms. The van der Waals surface area contributed by atoms with Gasteiger partial charge in [-0.1, -0.05) is 6.92 Å². The molecule has 0 radical (unpaired) electrons. The molecule has 1 rings (SSSR count). The van der Waals surface area contributed by atoms with E-state index in [1.807, 2.05) is 18.9 Å². The van der Waals surface area contributed by atoms with Crippen molar-refractivity contribution in [1.29, 1.82) is 0 Å². The molecule has 58 valence electrons. The van der Waals surface area contributed by atoms with Crippen LogP contribution in [0.4, 0.5) is 0 Å². The Hall–Kier alpha value is -0.530. The van der Waals surface area contributed by atoms with Crippen molar-refractivity contribution in [3.05, 3.63) is 0 Å². The van der Waals surface area contributed by atoms with Crippen LogP contribution in [0.2, 0.25) is 0 Å². The molecule has 1 atom stereocenters. The lowest BCUT2D eigenvalue weighted by molar-refractivity contribution is -0.131. The zero-order valence-electron chi connectivity index (χ0n) is 7.14. The summed E-state index contributed by atoms with van der Waals surface area (Å²) in [6.45, 7) is 6.20. The van der Waals surface area contributed by atoms with Gasteiger partial charge in [0.2, 0.25) is 5.91 Å². The van der Waals surface area contributed by atoms with Gasteiger partial charge >= 0.3 is 0 Å². The van der Waals surface area contributed by atoms with Gasteiger partial charge in [-0.05, 0) is 20.3 Å². The second-order valence-electron chi connectivity index (χ2n) is 3.81. The lowest BCUT2D eigenvalue weighted by Gasteiger charge is -2.27. The molecule has 1 fully saturated rings. The van der Waals surface area contributed by atoms with Crippen molar-refractivity contribution in [1.82, 2.24) is 4.90 Å². The number of hydrogen-bond acceptors (Lipinski definition) is 1. The fourth-order valence-corrected chi connectivity index (χ4v) is 1.60. The molecule has 0 aromatic carbocycles. The van der Waals surface area contributed by atoms with Gasteiger partial charge in [-0.25, -0.2) is 0 Å². The molecule has 1 heterocycles. The lowest BCUT2D eigenvalue weighted by Crippen LogP contribution is -2.37. The summed E-state index contributed by atoms with van der Waals surface area (Å²) in [6, 6.07) is 0. The van der Waals surface area contributed by atoms with Crippen molar-refractivity contribution in [2.45, 2.75) is 32.7 Å².